The molecule has 0 fully saturated rings. The lowest BCUT2D eigenvalue weighted by molar-refractivity contribution is 0.760. The van der Waals surface area contributed by atoms with E-state index in [1.165, 1.54) is 0 Å². The molecule has 0 aliphatic carbocycles. The first-order valence-corrected chi connectivity index (χ1v) is 6.25. The van der Waals surface area contributed by atoms with Gasteiger partial charge in [-0.05, 0) is 41.4 Å². The Hall–Kier alpha value is -1.76. The summed E-state index contributed by atoms with van der Waals surface area (Å²) in [5.41, 5.74) is 3.62. The molecule has 0 atom stereocenters. The number of fused-ring (bicyclic) bond motifs is 1. The van der Waals surface area contributed by atoms with Gasteiger partial charge in [0, 0.05) is 13.1 Å². The second-order valence-electron chi connectivity index (χ2n) is 4.17. The zero-order valence-electron chi connectivity index (χ0n) is 10.2. The van der Waals surface area contributed by atoms with Gasteiger partial charge >= 0.3 is 0 Å². The van der Waals surface area contributed by atoms with Crippen molar-refractivity contribution in [3.8, 4) is 11.4 Å². The van der Waals surface area contributed by atoms with Crippen LogP contribution in [0.5, 0.6) is 0 Å². The van der Waals surface area contributed by atoms with Crippen LogP contribution in [0.4, 0.5) is 0 Å². The Bertz CT molecular complexity index is 741. The average molecular weight is 307 g/mol. The molecule has 0 unspecified atom stereocenters. The van der Waals surface area contributed by atoms with E-state index in [0.717, 1.165) is 33.0 Å². The van der Waals surface area contributed by atoms with E-state index < -0.39 is 0 Å². The van der Waals surface area contributed by atoms with Gasteiger partial charge in [-0.15, -0.1) is 10.2 Å². The van der Waals surface area contributed by atoms with E-state index in [4.69, 9.17) is 0 Å². The maximum Gasteiger partial charge on any atom is 0.180 e. The van der Waals surface area contributed by atoms with Crippen molar-refractivity contribution >= 4 is 21.6 Å². The van der Waals surface area contributed by atoms with Gasteiger partial charge in [0.2, 0.25) is 0 Å². The molecular formula is C11H11BrN6. The number of aromatic nitrogens is 6. The predicted molar refractivity (Wildman–Crippen MR) is 70.2 cm³/mol. The Morgan fingerprint density at radius 3 is 2.56 bits per heavy atom. The van der Waals surface area contributed by atoms with Crippen molar-refractivity contribution in [1.29, 1.82) is 0 Å². The molecule has 0 bridgehead atoms. The quantitative estimate of drug-likeness (QED) is 0.689. The summed E-state index contributed by atoms with van der Waals surface area (Å²) >= 11 is 3.36. The zero-order valence-corrected chi connectivity index (χ0v) is 11.8. The second-order valence-corrected chi connectivity index (χ2v) is 4.98. The smallest absolute Gasteiger partial charge is 0.180 e. The Kier molecular flexibility index (Phi) is 2.44. The van der Waals surface area contributed by atoms with Crippen LogP contribution in [0.1, 0.15) is 11.4 Å². The summed E-state index contributed by atoms with van der Waals surface area (Å²) in [6.07, 6.45) is 0. The van der Waals surface area contributed by atoms with Crippen molar-refractivity contribution in [3.05, 3.63) is 28.1 Å². The van der Waals surface area contributed by atoms with Gasteiger partial charge in [0.1, 0.15) is 10.3 Å². The number of hydrogen-bond acceptors (Lipinski definition) is 4. The highest BCUT2D eigenvalue weighted by Crippen LogP contribution is 2.22. The molecule has 0 saturated carbocycles. The fourth-order valence-corrected chi connectivity index (χ4v) is 2.38. The molecular weight excluding hydrogens is 296 g/mol. The van der Waals surface area contributed by atoms with Crippen molar-refractivity contribution < 1.29 is 0 Å². The highest BCUT2D eigenvalue weighted by Gasteiger charge is 2.12. The van der Waals surface area contributed by atoms with Crippen LogP contribution in [0.2, 0.25) is 0 Å². The number of aryl methyl sites for hydroxylation is 3. The first-order chi connectivity index (χ1) is 8.56. The maximum absolute atomic E-state index is 4.55. The van der Waals surface area contributed by atoms with E-state index in [0.29, 0.717) is 0 Å². The van der Waals surface area contributed by atoms with E-state index in [-0.39, 0.29) is 0 Å². The normalized spacial score (nSPS) is 11.3. The zero-order chi connectivity index (χ0) is 12.9. The second kappa shape index (κ2) is 3.88. The minimum absolute atomic E-state index is 0.774. The van der Waals surface area contributed by atoms with Gasteiger partial charge in [0.05, 0.1) is 5.69 Å². The largest absolute Gasteiger partial charge is 0.265 e. The third kappa shape index (κ3) is 1.62. The first kappa shape index (κ1) is 11.3. The summed E-state index contributed by atoms with van der Waals surface area (Å²) in [5, 5.41) is 16.9. The predicted octanol–water partition coefficient (Wildman–Crippen LogP) is 1.90. The molecule has 18 heavy (non-hydrogen) atoms. The molecule has 6 nitrogen and oxygen atoms in total. The SMILES string of the molecule is Cc1cc(-c2cc(Br)nn2C)nn2c(C)nnc12. The lowest BCUT2D eigenvalue weighted by atomic mass is 10.2. The van der Waals surface area contributed by atoms with Gasteiger partial charge < -0.3 is 0 Å². The summed E-state index contributed by atoms with van der Waals surface area (Å²) in [4.78, 5) is 0. The lowest BCUT2D eigenvalue weighted by Gasteiger charge is -2.04. The van der Waals surface area contributed by atoms with Crippen LogP contribution in [0.15, 0.2) is 16.7 Å². The third-order valence-corrected chi connectivity index (χ3v) is 3.21. The van der Waals surface area contributed by atoms with Gasteiger partial charge in [-0.3, -0.25) is 4.68 Å². The molecule has 3 aromatic heterocycles. The Labute approximate surface area is 112 Å². The average Bonchev–Trinajstić information content (AvgIpc) is 2.83. The van der Waals surface area contributed by atoms with Gasteiger partial charge in [0.15, 0.2) is 11.5 Å². The Morgan fingerprint density at radius 2 is 1.89 bits per heavy atom. The van der Waals surface area contributed by atoms with Crippen molar-refractivity contribution in [2.45, 2.75) is 13.8 Å². The summed E-state index contributed by atoms with van der Waals surface area (Å²) in [6, 6.07) is 3.93. The molecule has 0 amide bonds. The van der Waals surface area contributed by atoms with Gasteiger partial charge in [-0.1, -0.05) is 0 Å². The van der Waals surface area contributed by atoms with Crippen LogP contribution < -0.4 is 0 Å². The van der Waals surface area contributed by atoms with Crippen molar-refractivity contribution in [3.63, 3.8) is 0 Å². The topological polar surface area (TPSA) is 60.9 Å². The summed E-state index contributed by atoms with van der Waals surface area (Å²) in [6.45, 7) is 3.88. The minimum atomic E-state index is 0.774. The molecule has 0 aromatic carbocycles. The van der Waals surface area contributed by atoms with Crippen molar-refractivity contribution in [2.75, 3.05) is 0 Å². The molecule has 7 heteroatoms. The maximum atomic E-state index is 4.55. The van der Waals surface area contributed by atoms with E-state index in [9.17, 15) is 0 Å². The van der Waals surface area contributed by atoms with Crippen LogP contribution in [0.25, 0.3) is 17.0 Å². The molecule has 3 aromatic rings. The highest BCUT2D eigenvalue weighted by molar-refractivity contribution is 9.10. The Balaban J connectivity index is 2.30. The number of hydrogen-bond donors (Lipinski definition) is 0. The molecule has 3 heterocycles. The molecule has 92 valence electrons. The molecule has 0 aliphatic rings. The molecule has 3 rings (SSSR count). The molecule has 0 saturated heterocycles. The number of rotatable bonds is 1. The summed E-state index contributed by atoms with van der Waals surface area (Å²) in [7, 11) is 1.89. The van der Waals surface area contributed by atoms with E-state index in [1.54, 1.807) is 9.20 Å². The van der Waals surface area contributed by atoms with Crippen LogP contribution in [-0.4, -0.2) is 29.6 Å². The van der Waals surface area contributed by atoms with Crippen LogP contribution in [0, 0.1) is 13.8 Å². The number of halogens is 1. The molecule has 0 spiro atoms. The van der Waals surface area contributed by atoms with Crippen LogP contribution >= 0.6 is 15.9 Å². The molecule has 0 aliphatic heterocycles. The van der Waals surface area contributed by atoms with E-state index in [1.807, 2.05) is 33.0 Å². The van der Waals surface area contributed by atoms with Crippen LogP contribution in [0.3, 0.4) is 0 Å². The highest BCUT2D eigenvalue weighted by atomic mass is 79.9. The number of nitrogens with zero attached hydrogens (tertiary/aromatic N) is 6. The van der Waals surface area contributed by atoms with Crippen molar-refractivity contribution in [2.24, 2.45) is 7.05 Å². The minimum Gasteiger partial charge on any atom is -0.265 e. The fraction of sp³-hybridized carbons (Fsp3) is 0.273. The standard InChI is InChI=1S/C11H11BrN6/c1-6-4-8(9-5-10(12)16-17(9)3)15-18-7(2)13-14-11(6)18/h4-5H,1-3H3. The van der Waals surface area contributed by atoms with Crippen LogP contribution in [-0.2, 0) is 7.05 Å². The summed E-state index contributed by atoms with van der Waals surface area (Å²) < 4.78 is 4.34. The van der Waals surface area contributed by atoms with Crippen molar-refractivity contribution in [1.82, 2.24) is 29.6 Å². The van der Waals surface area contributed by atoms with E-state index in [2.05, 4.69) is 36.3 Å². The first-order valence-electron chi connectivity index (χ1n) is 5.46. The third-order valence-electron chi connectivity index (χ3n) is 2.82. The lowest BCUT2D eigenvalue weighted by Crippen LogP contribution is -2.02. The van der Waals surface area contributed by atoms with Gasteiger partial charge in [-0.2, -0.15) is 14.7 Å². The van der Waals surface area contributed by atoms with Gasteiger partial charge in [0.25, 0.3) is 0 Å². The molecule has 0 N–H and O–H groups in total. The Morgan fingerprint density at radius 1 is 1.11 bits per heavy atom. The summed E-state index contributed by atoms with van der Waals surface area (Å²) in [5.74, 6) is 0.774. The molecule has 0 radical (unpaired) electrons. The fourth-order valence-electron chi connectivity index (χ4n) is 1.93. The van der Waals surface area contributed by atoms with Gasteiger partial charge in [-0.25, -0.2) is 0 Å². The monoisotopic (exact) mass is 306 g/mol. The van der Waals surface area contributed by atoms with E-state index >= 15 is 0 Å².